The molecule has 1 saturated carbocycles. The summed E-state index contributed by atoms with van der Waals surface area (Å²) in [7, 11) is 0. The third-order valence-corrected chi connectivity index (χ3v) is 6.50. The van der Waals surface area contributed by atoms with Crippen molar-refractivity contribution < 1.29 is 9.53 Å². The number of ether oxygens (including phenoxy) is 1. The molecule has 5 heteroatoms. The summed E-state index contributed by atoms with van der Waals surface area (Å²) in [6.07, 6.45) is 9.77. The van der Waals surface area contributed by atoms with Gasteiger partial charge in [0.2, 0.25) is 0 Å². The minimum atomic E-state index is -0.126. The lowest BCUT2D eigenvalue weighted by atomic mass is 9.72. The van der Waals surface area contributed by atoms with Crippen LogP contribution in [-0.4, -0.2) is 54.7 Å². The van der Waals surface area contributed by atoms with E-state index in [0.717, 1.165) is 64.2 Å². The number of pyridine rings is 1. The van der Waals surface area contributed by atoms with Gasteiger partial charge in [-0.3, -0.25) is 9.69 Å². The van der Waals surface area contributed by atoms with Gasteiger partial charge in [-0.25, -0.2) is 4.98 Å². The van der Waals surface area contributed by atoms with Crippen molar-refractivity contribution in [1.82, 2.24) is 9.88 Å². The molecule has 1 unspecified atom stereocenters. The summed E-state index contributed by atoms with van der Waals surface area (Å²) in [6.45, 7) is 7.25. The van der Waals surface area contributed by atoms with E-state index < -0.39 is 0 Å². The van der Waals surface area contributed by atoms with Crippen molar-refractivity contribution in [3.63, 3.8) is 0 Å². The molecule has 26 heavy (non-hydrogen) atoms. The molecular formula is C21H31N3O2. The molecule has 4 rings (SSSR count). The normalized spacial score (nSPS) is 26.3. The second-order valence-electron chi connectivity index (χ2n) is 8.38. The van der Waals surface area contributed by atoms with Crippen LogP contribution in [0.5, 0.6) is 0 Å². The van der Waals surface area contributed by atoms with Crippen LogP contribution in [0.15, 0.2) is 18.3 Å². The fraction of sp³-hybridized carbons (Fsp3) is 0.714. The van der Waals surface area contributed by atoms with E-state index in [-0.39, 0.29) is 17.5 Å². The first-order valence-electron chi connectivity index (χ1n) is 10.3. The minimum Gasteiger partial charge on any atom is -0.462 e. The number of cyclic esters (lactones) is 1. The molecule has 2 aliphatic heterocycles. The van der Waals surface area contributed by atoms with Crippen molar-refractivity contribution in [2.24, 2.45) is 5.41 Å². The van der Waals surface area contributed by atoms with E-state index in [1.165, 1.54) is 24.8 Å². The van der Waals surface area contributed by atoms with Gasteiger partial charge >= 0.3 is 5.97 Å². The Morgan fingerprint density at radius 2 is 1.92 bits per heavy atom. The molecular weight excluding hydrogens is 326 g/mol. The van der Waals surface area contributed by atoms with Crippen molar-refractivity contribution in [2.75, 3.05) is 37.6 Å². The third kappa shape index (κ3) is 3.73. The van der Waals surface area contributed by atoms with Crippen LogP contribution >= 0.6 is 0 Å². The minimum absolute atomic E-state index is 0.0949. The van der Waals surface area contributed by atoms with Gasteiger partial charge in [0.1, 0.15) is 11.9 Å². The number of anilines is 1. The largest absolute Gasteiger partial charge is 0.462 e. The van der Waals surface area contributed by atoms with E-state index >= 15 is 0 Å². The van der Waals surface area contributed by atoms with Crippen molar-refractivity contribution in [2.45, 2.75) is 58.0 Å². The lowest BCUT2D eigenvalue weighted by Crippen LogP contribution is -2.47. The number of piperazine rings is 1. The molecule has 0 bridgehead atoms. The van der Waals surface area contributed by atoms with Crippen LogP contribution in [0.2, 0.25) is 0 Å². The van der Waals surface area contributed by atoms with Gasteiger partial charge in [0.25, 0.3) is 0 Å². The van der Waals surface area contributed by atoms with Gasteiger partial charge in [-0.1, -0.05) is 25.3 Å². The first-order valence-corrected chi connectivity index (χ1v) is 10.3. The molecule has 1 aliphatic carbocycles. The molecule has 1 aromatic heterocycles. The number of hydrogen-bond donors (Lipinski definition) is 0. The van der Waals surface area contributed by atoms with E-state index in [1.54, 1.807) is 0 Å². The zero-order chi connectivity index (χ0) is 18.0. The highest BCUT2D eigenvalue weighted by Crippen LogP contribution is 2.46. The number of carbonyl (C=O) groups is 1. The molecule has 3 fully saturated rings. The zero-order valence-corrected chi connectivity index (χ0v) is 16.0. The fourth-order valence-electron chi connectivity index (χ4n) is 4.81. The van der Waals surface area contributed by atoms with Gasteiger partial charge in [-0.2, -0.15) is 0 Å². The number of aryl methyl sites for hydroxylation is 1. The average molecular weight is 357 g/mol. The van der Waals surface area contributed by atoms with Crippen LogP contribution in [0.25, 0.3) is 0 Å². The Morgan fingerprint density at radius 1 is 1.15 bits per heavy atom. The molecule has 0 N–H and O–H groups in total. The van der Waals surface area contributed by atoms with E-state index in [1.807, 2.05) is 6.20 Å². The fourth-order valence-corrected chi connectivity index (χ4v) is 4.81. The van der Waals surface area contributed by atoms with Crippen LogP contribution in [0, 0.1) is 12.3 Å². The summed E-state index contributed by atoms with van der Waals surface area (Å²) >= 11 is 0. The SMILES string of the molecule is Cc1ccc(N2CCN(CCC3CC4(CCCCC4)C(=O)O3)CC2)nc1. The molecule has 142 valence electrons. The first kappa shape index (κ1) is 17.8. The third-order valence-electron chi connectivity index (χ3n) is 6.50. The van der Waals surface area contributed by atoms with Crippen molar-refractivity contribution in [3.8, 4) is 0 Å². The first-order chi connectivity index (χ1) is 12.6. The quantitative estimate of drug-likeness (QED) is 0.775. The van der Waals surface area contributed by atoms with Gasteiger partial charge in [-0.05, 0) is 37.8 Å². The molecule has 0 aromatic carbocycles. The second kappa shape index (κ2) is 7.55. The molecule has 3 aliphatic rings. The van der Waals surface area contributed by atoms with Gasteiger partial charge in [0, 0.05) is 45.3 Å². The summed E-state index contributed by atoms with van der Waals surface area (Å²) in [4.78, 5) is 21.8. The van der Waals surface area contributed by atoms with E-state index in [2.05, 4.69) is 33.8 Å². The maximum Gasteiger partial charge on any atom is 0.312 e. The number of rotatable bonds is 4. The molecule has 1 atom stereocenters. The number of nitrogens with zero attached hydrogens (tertiary/aromatic N) is 3. The van der Waals surface area contributed by atoms with Crippen LogP contribution in [-0.2, 0) is 9.53 Å². The van der Waals surface area contributed by atoms with E-state index in [0.29, 0.717) is 0 Å². The second-order valence-corrected chi connectivity index (χ2v) is 8.38. The van der Waals surface area contributed by atoms with Crippen molar-refractivity contribution >= 4 is 11.8 Å². The predicted octanol–water partition coefficient (Wildman–Crippen LogP) is 3.17. The topological polar surface area (TPSA) is 45.7 Å². The molecule has 0 radical (unpaired) electrons. The molecule has 3 heterocycles. The summed E-state index contributed by atoms with van der Waals surface area (Å²) in [5, 5.41) is 0. The standard InChI is InChI=1S/C21H31N3O2/c1-17-5-6-19(22-16-17)24-13-11-23(12-14-24)10-7-18-15-21(20(25)26-18)8-3-2-4-9-21/h5-6,16,18H,2-4,7-15H2,1H3. The molecule has 1 spiro atoms. The molecule has 5 nitrogen and oxygen atoms in total. The Kier molecular flexibility index (Phi) is 5.16. The average Bonchev–Trinajstić information content (AvgIpc) is 2.97. The summed E-state index contributed by atoms with van der Waals surface area (Å²) in [6, 6.07) is 4.25. The van der Waals surface area contributed by atoms with E-state index in [9.17, 15) is 4.79 Å². The Labute approximate surface area is 156 Å². The predicted molar refractivity (Wildman–Crippen MR) is 102 cm³/mol. The van der Waals surface area contributed by atoms with Gasteiger partial charge in [0.15, 0.2) is 0 Å². The highest BCUT2D eigenvalue weighted by Gasteiger charge is 2.48. The van der Waals surface area contributed by atoms with Crippen LogP contribution in [0.4, 0.5) is 5.82 Å². The maximum absolute atomic E-state index is 12.4. The lowest BCUT2D eigenvalue weighted by Gasteiger charge is -2.35. The summed E-state index contributed by atoms with van der Waals surface area (Å²) in [5.74, 6) is 1.18. The number of esters is 1. The van der Waals surface area contributed by atoms with Crippen molar-refractivity contribution in [3.05, 3.63) is 23.9 Å². The Balaban J connectivity index is 1.23. The zero-order valence-electron chi connectivity index (χ0n) is 16.0. The summed E-state index contributed by atoms with van der Waals surface area (Å²) < 4.78 is 5.76. The molecule has 0 amide bonds. The number of carbonyl (C=O) groups excluding carboxylic acids is 1. The van der Waals surface area contributed by atoms with Crippen LogP contribution in [0.3, 0.4) is 0 Å². The number of hydrogen-bond acceptors (Lipinski definition) is 5. The highest BCUT2D eigenvalue weighted by atomic mass is 16.6. The highest BCUT2D eigenvalue weighted by molar-refractivity contribution is 5.79. The summed E-state index contributed by atoms with van der Waals surface area (Å²) in [5.41, 5.74) is 1.08. The number of aromatic nitrogens is 1. The van der Waals surface area contributed by atoms with Crippen LogP contribution < -0.4 is 4.90 Å². The monoisotopic (exact) mass is 357 g/mol. The lowest BCUT2D eigenvalue weighted by molar-refractivity contribution is -0.150. The van der Waals surface area contributed by atoms with Gasteiger partial charge < -0.3 is 9.64 Å². The Hall–Kier alpha value is -1.62. The Bertz CT molecular complexity index is 617. The molecule has 2 saturated heterocycles. The maximum atomic E-state index is 12.4. The smallest absolute Gasteiger partial charge is 0.312 e. The van der Waals surface area contributed by atoms with Gasteiger partial charge in [-0.15, -0.1) is 0 Å². The Morgan fingerprint density at radius 3 is 2.62 bits per heavy atom. The van der Waals surface area contributed by atoms with Gasteiger partial charge in [0.05, 0.1) is 5.41 Å². The molecule has 1 aromatic rings. The van der Waals surface area contributed by atoms with Crippen LogP contribution in [0.1, 0.15) is 50.5 Å². The van der Waals surface area contributed by atoms with Crippen molar-refractivity contribution in [1.29, 1.82) is 0 Å². The van der Waals surface area contributed by atoms with E-state index in [4.69, 9.17) is 4.74 Å².